The maximum absolute atomic E-state index is 13.3. The van der Waals surface area contributed by atoms with Gasteiger partial charge in [-0.25, -0.2) is 13.9 Å². The van der Waals surface area contributed by atoms with Gasteiger partial charge in [0, 0.05) is 11.4 Å². The Kier molecular flexibility index (Phi) is 16.5. The first-order chi connectivity index (χ1) is 18.4. The number of hydrogen-bond donors (Lipinski definition) is 0. The van der Waals surface area contributed by atoms with Crippen molar-refractivity contribution in [3.63, 3.8) is 0 Å². The fourth-order valence-electron chi connectivity index (χ4n) is 4.28. The molecule has 1 aliphatic carbocycles. The average Bonchev–Trinajstić information content (AvgIpc) is 3.23. The third-order valence-electron chi connectivity index (χ3n) is 6.02. The van der Waals surface area contributed by atoms with Crippen LogP contribution in [0, 0.1) is 12.8 Å². The van der Waals surface area contributed by atoms with Crippen LogP contribution in [0.4, 0.5) is 4.79 Å². The fraction of sp³-hybridized carbons (Fsp3) is 0.562. The topological polar surface area (TPSA) is 49.9 Å². The summed E-state index contributed by atoms with van der Waals surface area (Å²) in [6, 6.07) is 17.1. The van der Waals surface area contributed by atoms with Crippen LogP contribution in [-0.2, 0) is 16.1 Å². The van der Waals surface area contributed by atoms with Gasteiger partial charge >= 0.3 is 12.0 Å². The summed E-state index contributed by atoms with van der Waals surface area (Å²) in [6.07, 6.45) is 5.31. The van der Waals surface area contributed by atoms with E-state index in [0.29, 0.717) is 19.0 Å². The van der Waals surface area contributed by atoms with Gasteiger partial charge in [0.05, 0.1) is 6.54 Å². The number of hydrogen-bond acceptors (Lipinski definition) is 4. The highest BCUT2D eigenvalue weighted by molar-refractivity contribution is 7.97. The molecular formula is C32H50N2O3S. The van der Waals surface area contributed by atoms with E-state index >= 15 is 0 Å². The summed E-state index contributed by atoms with van der Waals surface area (Å²) in [5.41, 5.74) is 2.21. The Morgan fingerprint density at radius 2 is 1.58 bits per heavy atom. The van der Waals surface area contributed by atoms with E-state index in [9.17, 15) is 9.59 Å². The highest BCUT2D eigenvalue weighted by Crippen LogP contribution is 2.33. The second-order valence-corrected chi connectivity index (χ2v) is 10.5. The number of carbonyl (C=O) groups is 2. The summed E-state index contributed by atoms with van der Waals surface area (Å²) in [5, 5.41) is 0. The molecule has 0 bridgehead atoms. The number of urea groups is 1. The van der Waals surface area contributed by atoms with Crippen molar-refractivity contribution in [1.29, 1.82) is 0 Å². The first-order valence-corrected chi connectivity index (χ1v) is 15.3. The monoisotopic (exact) mass is 542 g/mol. The highest BCUT2D eigenvalue weighted by Gasteiger charge is 2.44. The largest absolute Gasteiger partial charge is 0.461 e. The van der Waals surface area contributed by atoms with Gasteiger partial charge in [-0.05, 0) is 61.7 Å². The van der Waals surface area contributed by atoms with Gasteiger partial charge in [-0.1, -0.05) is 109 Å². The number of amides is 2. The number of aryl methyl sites for hydroxylation is 1. The number of nitrogens with zero attached hydrogens (tertiary/aromatic N) is 2. The molecule has 0 aromatic heterocycles. The minimum Gasteiger partial charge on any atom is -0.461 e. The number of benzene rings is 2. The van der Waals surface area contributed by atoms with E-state index in [2.05, 4.69) is 20.8 Å². The van der Waals surface area contributed by atoms with Gasteiger partial charge in [-0.15, -0.1) is 0 Å². The minimum absolute atomic E-state index is 0.0410. The second-order valence-electron chi connectivity index (χ2n) is 9.43. The predicted octanol–water partition coefficient (Wildman–Crippen LogP) is 8.90. The maximum atomic E-state index is 13.3. The Morgan fingerprint density at radius 1 is 0.974 bits per heavy atom. The number of rotatable bonds is 6. The lowest BCUT2D eigenvalue weighted by Gasteiger charge is -2.28. The third kappa shape index (κ3) is 10.7. The van der Waals surface area contributed by atoms with Crippen molar-refractivity contribution in [2.24, 2.45) is 5.92 Å². The Hall–Kier alpha value is -2.47. The van der Waals surface area contributed by atoms with Crippen LogP contribution in [0.3, 0.4) is 0 Å². The molecule has 2 aromatic carbocycles. The molecule has 4 rings (SSSR count). The molecule has 38 heavy (non-hydrogen) atoms. The molecule has 3 atom stereocenters. The van der Waals surface area contributed by atoms with E-state index < -0.39 is 6.04 Å². The Bertz CT molecular complexity index is 920. The molecule has 6 heteroatoms. The van der Waals surface area contributed by atoms with Crippen molar-refractivity contribution in [2.75, 3.05) is 6.54 Å². The molecule has 212 valence electrons. The van der Waals surface area contributed by atoms with Crippen LogP contribution < -0.4 is 0 Å². The Morgan fingerprint density at radius 3 is 2.16 bits per heavy atom. The smallest absolute Gasteiger partial charge is 0.332 e. The average molecular weight is 543 g/mol. The maximum Gasteiger partial charge on any atom is 0.332 e. The zero-order valence-corrected chi connectivity index (χ0v) is 25.7. The summed E-state index contributed by atoms with van der Waals surface area (Å²) in [5.74, 6) is 0.284. The van der Waals surface area contributed by atoms with Crippen molar-refractivity contribution in [3.05, 3.63) is 65.7 Å². The molecule has 0 radical (unpaired) electrons. The highest BCUT2D eigenvalue weighted by atomic mass is 32.2. The molecule has 2 amide bonds. The summed E-state index contributed by atoms with van der Waals surface area (Å²) >= 11 is 1.32. The molecule has 0 N–H and O–H groups in total. The lowest BCUT2D eigenvalue weighted by Crippen LogP contribution is -2.38. The van der Waals surface area contributed by atoms with Crippen LogP contribution >= 0.6 is 11.9 Å². The van der Waals surface area contributed by atoms with Crippen molar-refractivity contribution < 1.29 is 14.3 Å². The summed E-state index contributed by atoms with van der Waals surface area (Å²) in [6.45, 7) is 17.3. The van der Waals surface area contributed by atoms with E-state index in [1.54, 1.807) is 9.21 Å². The van der Waals surface area contributed by atoms with Crippen LogP contribution in [0.2, 0.25) is 0 Å². The summed E-state index contributed by atoms with van der Waals surface area (Å²) in [7, 11) is 0. The second kappa shape index (κ2) is 18.7. The standard InChI is InChI=1S/C25H30N2O3S.C3H8.2C2H6/c1-18-11-13-22(14-12-18)31-27-23(24(28)30-21-10-6-7-19(2)15-21)17-26(25(27)29)16-20-8-4-3-5-9-20;1-3-2;2*1-2/h3-5,8-9,11-14,19,21,23H,6-7,10,15-17H2,1-2H3;3H2,1-2H3;2*1-2H3. The molecule has 2 aliphatic rings. The quantitative estimate of drug-likeness (QED) is 0.270. The molecule has 2 fully saturated rings. The molecule has 0 spiro atoms. The normalized spacial score (nSPS) is 20.2. The van der Waals surface area contributed by atoms with Gasteiger partial charge in [-0.2, -0.15) is 0 Å². The first-order valence-electron chi connectivity index (χ1n) is 14.5. The van der Waals surface area contributed by atoms with Crippen LogP contribution in [-0.4, -0.2) is 39.9 Å². The van der Waals surface area contributed by atoms with Crippen LogP contribution in [0.5, 0.6) is 0 Å². The van der Waals surface area contributed by atoms with Gasteiger partial charge < -0.3 is 9.64 Å². The summed E-state index contributed by atoms with van der Waals surface area (Å²) < 4.78 is 7.51. The van der Waals surface area contributed by atoms with Crippen molar-refractivity contribution in [3.8, 4) is 0 Å². The van der Waals surface area contributed by atoms with Crippen molar-refractivity contribution >= 4 is 23.9 Å². The lowest BCUT2D eigenvalue weighted by atomic mass is 9.89. The zero-order chi connectivity index (χ0) is 28.5. The molecular weight excluding hydrogens is 492 g/mol. The Labute approximate surface area is 236 Å². The first kappa shape index (κ1) is 33.6. The number of carbonyl (C=O) groups excluding carboxylic acids is 2. The fourth-order valence-corrected chi connectivity index (χ4v) is 5.24. The van der Waals surface area contributed by atoms with Gasteiger partial charge in [-0.3, -0.25) is 0 Å². The van der Waals surface area contributed by atoms with Crippen molar-refractivity contribution in [1.82, 2.24) is 9.21 Å². The van der Waals surface area contributed by atoms with Gasteiger partial charge in [0.2, 0.25) is 0 Å². The molecule has 3 unspecified atom stereocenters. The van der Waals surface area contributed by atoms with Gasteiger partial charge in [0.25, 0.3) is 0 Å². The predicted molar refractivity (Wildman–Crippen MR) is 161 cm³/mol. The molecule has 2 aromatic rings. The van der Waals surface area contributed by atoms with Gasteiger partial charge in [0.15, 0.2) is 6.04 Å². The number of ether oxygens (including phenoxy) is 1. The van der Waals surface area contributed by atoms with E-state index in [1.165, 1.54) is 24.8 Å². The zero-order valence-electron chi connectivity index (χ0n) is 24.9. The van der Waals surface area contributed by atoms with Crippen LogP contribution in [0.25, 0.3) is 0 Å². The summed E-state index contributed by atoms with van der Waals surface area (Å²) in [4.78, 5) is 29.1. The molecule has 1 saturated carbocycles. The van der Waals surface area contributed by atoms with Crippen molar-refractivity contribution in [2.45, 2.75) is 111 Å². The van der Waals surface area contributed by atoms with E-state index in [0.717, 1.165) is 35.3 Å². The van der Waals surface area contributed by atoms with E-state index in [1.807, 2.05) is 89.2 Å². The van der Waals surface area contributed by atoms with Gasteiger partial charge in [0.1, 0.15) is 6.10 Å². The molecule has 1 aliphatic heterocycles. The van der Waals surface area contributed by atoms with Crippen LogP contribution in [0.15, 0.2) is 59.5 Å². The lowest BCUT2D eigenvalue weighted by molar-refractivity contribution is -0.154. The molecule has 5 nitrogen and oxygen atoms in total. The number of esters is 1. The Balaban J connectivity index is 0.000000944. The SMILES string of the molecule is CC.CC.CCC.Cc1ccc(SN2C(=O)N(Cc3ccccc3)CC2C(=O)OC2CCCC(C)C2)cc1. The molecule has 1 saturated heterocycles. The molecule has 1 heterocycles. The minimum atomic E-state index is -0.611. The van der Waals surface area contributed by atoms with E-state index in [-0.39, 0.29) is 18.1 Å². The van der Waals surface area contributed by atoms with E-state index in [4.69, 9.17) is 4.74 Å². The third-order valence-corrected chi connectivity index (χ3v) is 7.11. The van der Waals surface area contributed by atoms with Crippen LogP contribution in [0.1, 0.15) is 91.7 Å².